The summed E-state index contributed by atoms with van der Waals surface area (Å²) in [6, 6.07) is 20.5. The zero-order valence-electron chi connectivity index (χ0n) is 17.1. The van der Waals surface area contributed by atoms with Gasteiger partial charge in [-0.1, -0.05) is 48.5 Å². The normalized spacial score (nSPS) is 11.8. The molecule has 0 heterocycles. The average molecular weight is 440 g/mol. The molecule has 160 valence electrons. The minimum Gasteiger partial charge on any atom is -0.271 e. The molecule has 0 fully saturated rings. The number of anilines is 1. The lowest BCUT2D eigenvalue weighted by Crippen LogP contribution is -2.40. The van der Waals surface area contributed by atoms with Crippen molar-refractivity contribution >= 4 is 27.3 Å². The van der Waals surface area contributed by atoms with Gasteiger partial charge in [-0.3, -0.25) is 9.10 Å². The third kappa shape index (κ3) is 5.35. The van der Waals surface area contributed by atoms with Crippen LogP contribution in [-0.4, -0.2) is 26.6 Å². The second-order valence-electron chi connectivity index (χ2n) is 6.85. The molecule has 0 saturated heterocycles. The molecule has 0 radical (unpaired) electrons. The highest BCUT2D eigenvalue weighted by molar-refractivity contribution is 7.92. The molecule has 31 heavy (non-hydrogen) atoms. The number of halogens is 1. The molecule has 3 aromatic rings. The Hall–Kier alpha value is -3.52. The van der Waals surface area contributed by atoms with Crippen LogP contribution in [0.5, 0.6) is 0 Å². The summed E-state index contributed by atoms with van der Waals surface area (Å²) < 4.78 is 40.7. The van der Waals surface area contributed by atoms with Crippen molar-refractivity contribution in [3.8, 4) is 0 Å². The van der Waals surface area contributed by atoms with E-state index in [-0.39, 0.29) is 10.7 Å². The minimum atomic E-state index is -3.98. The minimum absolute atomic E-state index is 0.0806. The van der Waals surface area contributed by atoms with Crippen molar-refractivity contribution in [3.63, 3.8) is 0 Å². The summed E-state index contributed by atoms with van der Waals surface area (Å²) in [5.41, 5.74) is 4.59. The van der Waals surface area contributed by atoms with Crippen LogP contribution in [0.25, 0.3) is 0 Å². The Kier molecular flexibility index (Phi) is 6.81. The molecule has 1 N–H and O–H groups in total. The van der Waals surface area contributed by atoms with Crippen molar-refractivity contribution in [2.24, 2.45) is 5.10 Å². The molecule has 3 rings (SSSR count). The van der Waals surface area contributed by atoms with Gasteiger partial charge in [-0.05, 0) is 55.3 Å². The fraction of sp³-hybridized carbons (Fsp3) is 0.130. The number of rotatable bonds is 7. The van der Waals surface area contributed by atoms with E-state index in [0.29, 0.717) is 22.5 Å². The number of hydrogen-bond donors (Lipinski definition) is 1. The number of aryl methyl sites for hydroxylation is 1. The molecule has 1 amide bonds. The van der Waals surface area contributed by atoms with Crippen LogP contribution in [0.3, 0.4) is 0 Å². The lowest BCUT2D eigenvalue weighted by Gasteiger charge is -2.25. The fourth-order valence-electron chi connectivity index (χ4n) is 2.93. The highest BCUT2D eigenvalue weighted by Gasteiger charge is 2.28. The van der Waals surface area contributed by atoms with Gasteiger partial charge in [0.15, 0.2) is 0 Å². The van der Waals surface area contributed by atoms with Crippen molar-refractivity contribution in [1.82, 2.24) is 5.43 Å². The third-order valence-corrected chi connectivity index (χ3v) is 6.39. The Morgan fingerprint density at radius 3 is 2.23 bits per heavy atom. The van der Waals surface area contributed by atoms with Crippen LogP contribution < -0.4 is 9.73 Å². The number of carbonyl (C=O) groups is 1. The summed E-state index contributed by atoms with van der Waals surface area (Å²) in [6.45, 7) is 2.98. The summed E-state index contributed by atoms with van der Waals surface area (Å²) in [6.07, 6.45) is 0. The zero-order chi connectivity index (χ0) is 22.4. The summed E-state index contributed by atoms with van der Waals surface area (Å²) >= 11 is 0. The first-order valence-electron chi connectivity index (χ1n) is 9.51. The molecule has 0 saturated carbocycles. The number of carbonyl (C=O) groups excluding carboxylic acids is 1. The Balaban J connectivity index is 1.87. The number of nitrogens with one attached hydrogen (secondary N) is 1. The molecule has 3 aromatic carbocycles. The van der Waals surface area contributed by atoms with E-state index in [0.717, 1.165) is 4.31 Å². The predicted octanol–water partition coefficient (Wildman–Crippen LogP) is 3.87. The molecule has 0 atom stereocenters. The fourth-order valence-corrected chi connectivity index (χ4v) is 4.44. The molecule has 0 aliphatic heterocycles. The zero-order valence-corrected chi connectivity index (χ0v) is 17.9. The van der Waals surface area contributed by atoms with E-state index in [4.69, 9.17) is 0 Å². The van der Waals surface area contributed by atoms with Crippen LogP contribution in [-0.2, 0) is 14.8 Å². The van der Waals surface area contributed by atoms with Gasteiger partial charge < -0.3 is 0 Å². The van der Waals surface area contributed by atoms with Crippen LogP contribution in [0, 0.1) is 12.7 Å². The van der Waals surface area contributed by atoms with Gasteiger partial charge in [0.25, 0.3) is 15.9 Å². The molecule has 0 aromatic heterocycles. The van der Waals surface area contributed by atoms with Gasteiger partial charge in [0.1, 0.15) is 12.4 Å². The SMILES string of the molecule is C/C(=N/NC(=O)CN(c1ccccc1C)S(=O)(=O)c1ccccc1)c1ccc(F)cc1. The van der Waals surface area contributed by atoms with Crippen molar-refractivity contribution in [1.29, 1.82) is 0 Å². The van der Waals surface area contributed by atoms with Gasteiger partial charge in [0, 0.05) is 0 Å². The molecule has 8 heteroatoms. The Morgan fingerprint density at radius 1 is 0.968 bits per heavy atom. The van der Waals surface area contributed by atoms with E-state index < -0.39 is 22.5 Å². The molecule has 6 nitrogen and oxygen atoms in total. The van der Waals surface area contributed by atoms with Crippen LogP contribution in [0.15, 0.2) is 88.9 Å². The maximum Gasteiger partial charge on any atom is 0.264 e. The lowest BCUT2D eigenvalue weighted by atomic mass is 10.1. The molecule has 0 aliphatic carbocycles. The molecule has 0 unspecified atom stereocenters. The number of nitrogens with zero attached hydrogens (tertiary/aromatic N) is 2. The summed E-state index contributed by atoms with van der Waals surface area (Å²) in [5.74, 6) is -0.982. The van der Waals surface area contributed by atoms with E-state index in [9.17, 15) is 17.6 Å². The number of hydrazone groups is 1. The van der Waals surface area contributed by atoms with Crippen LogP contribution in [0.1, 0.15) is 18.1 Å². The topological polar surface area (TPSA) is 78.8 Å². The Bertz CT molecular complexity index is 1190. The van der Waals surface area contributed by atoms with Gasteiger partial charge in [-0.15, -0.1) is 0 Å². The average Bonchev–Trinajstić information content (AvgIpc) is 2.77. The standard InChI is InChI=1S/C23H22FN3O3S/c1-17-8-6-7-11-22(17)27(31(29,30)21-9-4-3-5-10-21)16-23(28)26-25-18(2)19-12-14-20(24)15-13-19/h3-15H,16H2,1-2H3,(H,26,28)/b25-18-. The van der Waals surface area contributed by atoms with E-state index in [1.54, 1.807) is 68.4 Å². The predicted molar refractivity (Wildman–Crippen MR) is 119 cm³/mol. The molecular formula is C23H22FN3O3S. The number of sulfonamides is 1. The quantitative estimate of drug-likeness (QED) is 0.448. The Labute approximate surface area is 181 Å². The summed E-state index contributed by atoms with van der Waals surface area (Å²) in [4.78, 5) is 12.7. The van der Waals surface area contributed by atoms with E-state index >= 15 is 0 Å². The number of para-hydroxylation sites is 1. The first kappa shape index (κ1) is 22.2. The van der Waals surface area contributed by atoms with Crippen LogP contribution in [0.4, 0.5) is 10.1 Å². The van der Waals surface area contributed by atoms with Crippen LogP contribution >= 0.6 is 0 Å². The molecule has 0 bridgehead atoms. The van der Waals surface area contributed by atoms with Gasteiger partial charge in [-0.2, -0.15) is 5.10 Å². The second-order valence-corrected chi connectivity index (χ2v) is 8.71. The summed E-state index contributed by atoms with van der Waals surface area (Å²) in [7, 11) is -3.98. The molecule has 0 aliphatic rings. The highest BCUT2D eigenvalue weighted by Crippen LogP contribution is 2.26. The van der Waals surface area contributed by atoms with Gasteiger partial charge in [0.05, 0.1) is 16.3 Å². The molecule has 0 spiro atoms. The largest absolute Gasteiger partial charge is 0.271 e. The summed E-state index contributed by atoms with van der Waals surface area (Å²) in [5, 5.41) is 4.02. The van der Waals surface area contributed by atoms with Crippen molar-refractivity contribution in [2.75, 3.05) is 10.8 Å². The lowest BCUT2D eigenvalue weighted by molar-refractivity contribution is -0.119. The smallest absolute Gasteiger partial charge is 0.264 e. The van der Waals surface area contributed by atoms with E-state index in [1.807, 2.05) is 0 Å². The van der Waals surface area contributed by atoms with Crippen LogP contribution in [0.2, 0.25) is 0 Å². The molecular weight excluding hydrogens is 417 g/mol. The van der Waals surface area contributed by atoms with Gasteiger partial charge in [-0.25, -0.2) is 18.2 Å². The van der Waals surface area contributed by atoms with Gasteiger partial charge >= 0.3 is 0 Å². The monoisotopic (exact) mass is 439 g/mol. The second kappa shape index (κ2) is 9.53. The van der Waals surface area contributed by atoms with Crippen molar-refractivity contribution in [3.05, 3.63) is 95.8 Å². The van der Waals surface area contributed by atoms with E-state index in [2.05, 4.69) is 10.5 Å². The first-order chi connectivity index (χ1) is 14.8. The Morgan fingerprint density at radius 2 is 1.58 bits per heavy atom. The highest BCUT2D eigenvalue weighted by atomic mass is 32.2. The maximum atomic E-state index is 13.3. The van der Waals surface area contributed by atoms with Crippen molar-refractivity contribution in [2.45, 2.75) is 18.7 Å². The van der Waals surface area contributed by atoms with E-state index in [1.165, 1.54) is 24.3 Å². The number of hydrogen-bond acceptors (Lipinski definition) is 4. The first-order valence-corrected chi connectivity index (χ1v) is 11.0. The van der Waals surface area contributed by atoms with Crippen molar-refractivity contribution < 1.29 is 17.6 Å². The third-order valence-electron chi connectivity index (χ3n) is 4.61. The van der Waals surface area contributed by atoms with Gasteiger partial charge in [0.2, 0.25) is 0 Å². The number of benzene rings is 3. The maximum absolute atomic E-state index is 13.3. The number of amides is 1.